The summed E-state index contributed by atoms with van der Waals surface area (Å²) < 4.78 is 14.8. The number of halogens is 1. The van der Waals surface area contributed by atoms with E-state index in [0.29, 0.717) is 0 Å². The predicted molar refractivity (Wildman–Crippen MR) is 60.4 cm³/mol. The van der Waals surface area contributed by atoms with Crippen molar-refractivity contribution < 1.29 is 4.39 Å². The Morgan fingerprint density at radius 3 is 2.50 bits per heavy atom. The van der Waals surface area contributed by atoms with Crippen molar-refractivity contribution in [1.82, 2.24) is 9.55 Å². The molecule has 2 rings (SSSR count). The second-order valence-electron chi connectivity index (χ2n) is 3.87. The lowest BCUT2D eigenvalue weighted by atomic mass is 10.0. The van der Waals surface area contributed by atoms with E-state index in [2.05, 4.69) is 4.98 Å². The molecule has 0 bridgehead atoms. The number of benzene rings is 1. The third kappa shape index (κ3) is 2.12. The van der Waals surface area contributed by atoms with Gasteiger partial charge < -0.3 is 10.3 Å². The zero-order valence-electron chi connectivity index (χ0n) is 9.05. The second-order valence-corrected chi connectivity index (χ2v) is 3.87. The fourth-order valence-corrected chi connectivity index (χ4v) is 1.84. The van der Waals surface area contributed by atoms with E-state index in [-0.39, 0.29) is 17.9 Å². The van der Waals surface area contributed by atoms with Crippen LogP contribution < -0.4 is 5.73 Å². The third-order valence-electron chi connectivity index (χ3n) is 2.56. The number of hydrogen-bond acceptors (Lipinski definition) is 2. The Hall–Kier alpha value is -1.68. The first-order valence-electron chi connectivity index (χ1n) is 5.17. The first kappa shape index (κ1) is 10.8. The van der Waals surface area contributed by atoms with Crippen LogP contribution >= 0.6 is 0 Å². The summed E-state index contributed by atoms with van der Waals surface area (Å²) in [6.07, 6.45) is 5.29. The van der Waals surface area contributed by atoms with Gasteiger partial charge >= 0.3 is 0 Å². The molecular weight excluding hydrogens is 205 g/mol. The summed E-state index contributed by atoms with van der Waals surface area (Å²) >= 11 is 0. The predicted octanol–water partition coefficient (Wildman–Crippen LogP) is 1.96. The van der Waals surface area contributed by atoms with Crippen molar-refractivity contribution in [2.75, 3.05) is 0 Å². The van der Waals surface area contributed by atoms with Crippen LogP contribution in [-0.2, 0) is 0 Å². The van der Waals surface area contributed by atoms with Crippen LogP contribution in [0.25, 0.3) is 0 Å². The molecule has 0 spiro atoms. The molecule has 2 N–H and O–H groups in total. The van der Waals surface area contributed by atoms with E-state index in [0.717, 1.165) is 5.56 Å². The molecule has 0 aliphatic rings. The number of aromatic nitrogens is 2. The Kier molecular flexibility index (Phi) is 3.01. The van der Waals surface area contributed by atoms with Crippen LogP contribution in [0, 0.1) is 5.82 Å². The van der Waals surface area contributed by atoms with Crippen LogP contribution in [-0.4, -0.2) is 15.6 Å². The van der Waals surface area contributed by atoms with Crippen LogP contribution in [0.2, 0.25) is 0 Å². The van der Waals surface area contributed by atoms with E-state index >= 15 is 0 Å². The van der Waals surface area contributed by atoms with Gasteiger partial charge in [-0.1, -0.05) is 12.1 Å². The molecule has 2 atom stereocenters. The van der Waals surface area contributed by atoms with Crippen LogP contribution in [0.5, 0.6) is 0 Å². The molecule has 1 aromatic heterocycles. The molecule has 0 radical (unpaired) electrons. The maximum Gasteiger partial charge on any atom is 0.123 e. The number of rotatable bonds is 3. The molecule has 0 amide bonds. The lowest BCUT2D eigenvalue weighted by Gasteiger charge is -2.22. The molecule has 16 heavy (non-hydrogen) atoms. The van der Waals surface area contributed by atoms with Gasteiger partial charge in [0, 0.05) is 18.4 Å². The van der Waals surface area contributed by atoms with Gasteiger partial charge in [0.15, 0.2) is 0 Å². The monoisotopic (exact) mass is 219 g/mol. The molecule has 3 nitrogen and oxygen atoms in total. The van der Waals surface area contributed by atoms with Gasteiger partial charge in [0.2, 0.25) is 0 Å². The minimum atomic E-state index is -0.238. The first-order chi connectivity index (χ1) is 7.68. The van der Waals surface area contributed by atoms with E-state index in [9.17, 15) is 4.39 Å². The van der Waals surface area contributed by atoms with Crippen LogP contribution in [0.4, 0.5) is 4.39 Å². The van der Waals surface area contributed by atoms with Crippen molar-refractivity contribution in [3.63, 3.8) is 0 Å². The van der Waals surface area contributed by atoms with Gasteiger partial charge in [0.05, 0.1) is 12.4 Å². The van der Waals surface area contributed by atoms with Crippen molar-refractivity contribution in [3.8, 4) is 0 Å². The van der Waals surface area contributed by atoms with Gasteiger partial charge in [-0.25, -0.2) is 9.37 Å². The number of hydrogen-bond donors (Lipinski definition) is 1. The number of nitrogens with two attached hydrogens (primary N) is 1. The van der Waals surface area contributed by atoms with E-state index in [1.807, 2.05) is 17.7 Å². The lowest BCUT2D eigenvalue weighted by Crippen LogP contribution is -2.29. The Morgan fingerprint density at radius 2 is 2.00 bits per heavy atom. The van der Waals surface area contributed by atoms with Crippen molar-refractivity contribution in [2.24, 2.45) is 5.73 Å². The molecule has 4 heteroatoms. The van der Waals surface area contributed by atoms with Gasteiger partial charge in [-0.15, -0.1) is 0 Å². The maximum atomic E-state index is 12.8. The quantitative estimate of drug-likeness (QED) is 0.857. The first-order valence-corrected chi connectivity index (χ1v) is 5.17. The summed E-state index contributed by atoms with van der Waals surface area (Å²) in [5, 5.41) is 0. The van der Waals surface area contributed by atoms with Crippen LogP contribution in [0.3, 0.4) is 0 Å². The topological polar surface area (TPSA) is 43.8 Å². The number of nitrogens with zero attached hydrogens (tertiary/aromatic N) is 2. The zero-order valence-corrected chi connectivity index (χ0v) is 9.05. The van der Waals surface area contributed by atoms with Gasteiger partial charge in [-0.3, -0.25) is 0 Å². The highest BCUT2D eigenvalue weighted by Gasteiger charge is 2.17. The minimum absolute atomic E-state index is 0.0110. The number of imidazole rings is 1. The Morgan fingerprint density at radius 1 is 1.31 bits per heavy atom. The van der Waals surface area contributed by atoms with E-state index < -0.39 is 0 Å². The summed E-state index contributed by atoms with van der Waals surface area (Å²) in [7, 11) is 0. The molecule has 2 unspecified atom stereocenters. The average molecular weight is 219 g/mol. The molecule has 0 fully saturated rings. The largest absolute Gasteiger partial charge is 0.328 e. The van der Waals surface area contributed by atoms with E-state index in [1.165, 1.54) is 12.1 Å². The summed E-state index contributed by atoms with van der Waals surface area (Å²) in [5.74, 6) is -0.238. The summed E-state index contributed by atoms with van der Waals surface area (Å²) in [6, 6.07) is 6.32. The maximum absolute atomic E-state index is 12.8. The molecule has 1 aromatic carbocycles. The highest BCUT2D eigenvalue weighted by atomic mass is 19.1. The molecule has 0 saturated heterocycles. The minimum Gasteiger partial charge on any atom is -0.328 e. The highest BCUT2D eigenvalue weighted by molar-refractivity contribution is 5.22. The Bertz CT molecular complexity index is 434. The lowest BCUT2D eigenvalue weighted by molar-refractivity contribution is 0.494. The second kappa shape index (κ2) is 4.45. The van der Waals surface area contributed by atoms with Crippen LogP contribution in [0.15, 0.2) is 43.0 Å². The van der Waals surface area contributed by atoms with Gasteiger partial charge in [-0.2, -0.15) is 0 Å². The smallest absolute Gasteiger partial charge is 0.123 e. The molecule has 0 aliphatic carbocycles. The van der Waals surface area contributed by atoms with Crippen molar-refractivity contribution in [3.05, 3.63) is 54.4 Å². The average Bonchev–Trinajstić information content (AvgIpc) is 2.74. The SMILES string of the molecule is CC(N)C(c1ccc(F)cc1)n1ccnc1. The standard InChI is InChI=1S/C12H14FN3/c1-9(14)12(16-7-6-15-8-16)10-2-4-11(13)5-3-10/h2-9,12H,14H2,1H3. The zero-order chi connectivity index (χ0) is 11.5. The fourth-order valence-electron chi connectivity index (χ4n) is 1.84. The Labute approximate surface area is 93.7 Å². The molecule has 0 saturated carbocycles. The Balaban J connectivity index is 2.37. The molecular formula is C12H14FN3. The van der Waals surface area contributed by atoms with Crippen molar-refractivity contribution >= 4 is 0 Å². The van der Waals surface area contributed by atoms with Crippen molar-refractivity contribution in [1.29, 1.82) is 0 Å². The molecule has 0 aliphatic heterocycles. The van der Waals surface area contributed by atoms with E-state index in [1.54, 1.807) is 24.7 Å². The van der Waals surface area contributed by atoms with E-state index in [4.69, 9.17) is 5.73 Å². The van der Waals surface area contributed by atoms with Gasteiger partial charge in [0.25, 0.3) is 0 Å². The highest BCUT2D eigenvalue weighted by Crippen LogP contribution is 2.21. The van der Waals surface area contributed by atoms with Gasteiger partial charge in [0.1, 0.15) is 5.82 Å². The molecule has 1 heterocycles. The molecule has 2 aromatic rings. The summed E-state index contributed by atoms with van der Waals surface area (Å²) in [4.78, 5) is 4.00. The summed E-state index contributed by atoms with van der Waals surface area (Å²) in [5.41, 5.74) is 6.94. The normalized spacial score (nSPS) is 14.7. The fraction of sp³-hybridized carbons (Fsp3) is 0.250. The summed E-state index contributed by atoms with van der Waals surface area (Å²) in [6.45, 7) is 1.92. The van der Waals surface area contributed by atoms with Crippen LogP contribution in [0.1, 0.15) is 18.5 Å². The van der Waals surface area contributed by atoms with Crippen molar-refractivity contribution in [2.45, 2.75) is 19.0 Å². The van der Waals surface area contributed by atoms with Gasteiger partial charge in [-0.05, 0) is 24.6 Å². The molecule has 84 valence electrons. The third-order valence-corrected chi connectivity index (χ3v) is 2.56.